The van der Waals surface area contributed by atoms with Crippen LogP contribution in [0.15, 0.2) is 18.2 Å². The zero-order valence-electron chi connectivity index (χ0n) is 13.7. The molecule has 0 spiro atoms. The number of benzene rings is 1. The normalized spacial score (nSPS) is 10.9. The predicted octanol–water partition coefficient (Wildman–Crippen LogP) is 3.82. The highest BCUT2D eigenvalue weighted by molar-refractivity contribution is 5.98. The maximum Gasteiger partial charge on any atom is 0.184 e. The smallest absolute Gasteiger partial charge is 0.184 e. The van der Waals surface area contributed by atoms with Crippen molar-refractivity contribution in [3.05, 3.63) is 51.8 Å². The molecule has 0 aliphatic heterocycles. The van der Waals surface area contributed by atoms with Crippen LogP contribution >= 0.6 is 0 Å². The van der Waals surface area contributed by atoms with Gasteiger partial charge in [-0.05, 0) is 50.8 Å². The molecule has 0 unspecified atom stereocenters. The summed E-state index contributed by atoms with van der Waals surface area (Å²) in [6.07, 6.45) is 1.79. The Balaban J connectivity index is 2.32. The molecule has 0 amide bonds. The molecule has 3 heteroatoms. The molecule has 1 aromatic carbocycles. The minimum absolute atomic E-state index is 0.144. The molecule has 0 saturated heterocycles. The van der Waals surface area contributed by atoms with Crippen molar-refractivity contribution < 1.29 is 4.79 Å². The molecule has 0 radical (unpaired) electrons. The topological polar surface area (TPSA) is 34.9 Å². The summed E-state index contributed by atoms with van der Waals surface area (Å²) in [7, 11) is 0. The van der Waals surface area contributed by atoms with Crippen molar-refractivity contribution in [2.75, 3.05) is 0 Å². The van der Waals surface area contributed by atoms with Crippen molar-refractivity contribution in [2.45, 2.75) is 54.0 Å². The Morgan fingerprint density at radius 3 is 2.19 bits per heavy atom. The van der Waals surface area contributed by atoms with Crippen LogP contribution in [0, 0.1) is 20.8 Å². The van der Waals surface area contributed by atoms with E-state index in [1.54, 1.807) is 0 Å². The molecule has 2 aromatic rings. The highest BCUT2D eigenvalue weighted by Gasteiger charge is 2.15. The summed E-state index contributed by atoms with van der Waals surface area (Å²) < 4.78 is 1.86. The fourth-order valence-corrected chi connectivity index (χ4v) is 2.94. The Morgan fingerprint density at radius 2 is 1.67 bits per heavy atom. The van der Waals surface area contributed by atoms with Crippen molar-refractivity contribution in [1.29, 1.82) is 0 Å². The molecule has 21 heavy (non-hydrogen) atoms. The molecular formula is C18H24N2O. The first-order valence-electron chi connectivity index (χ1n) is 7.62. The lowest BCUT2D eigenvalue weighted by Gasteiger charge is -2.11. The van der Waals surface area contributed by atoms with Crippen LogP contribution < -0.4 is 0 Å². The lowest BCUT2D eigenvalue weighted by Crippen LogP contribution is -2.16. The number of rotatable bonds is 5. The van der Waals surface area contributed by atoms with Crippen LogP contribution in [-0.4, -0.2) is 15.6 Å². The number of hydrogen-bond donors (Lipinski definition) is 0. The van der Waals surface area contributed by atoms with Crippen LogP contribution in [0.4, 0.5) is 0 Å². The molecule has 0 fully saturated rings. The van der Waals surface area contributed by atoms with Crippen LogP contribution in [-0.2, 0) is 19.4 Å². The van der Waals surface area contributed by atoms with Gasteiger partial charge in [-0.15, -0.1) is 0 Å². The van der Waals surface area contributed by atoms with Gasteiger partial charge >= 0.3 is 0 Å². The minimum atomic E-state index is 0.144. The van der Waals surface area contributed by atoms with E-state index in [9.17, 15) is 4.79 Å². The molecule has 0 N–H and O–H groups in total. The van der Waals surface area contributed by atoms with E-state index in [2.05, 4.69) is 44.1 Å². The molecule has 0 atom stereocenters. The Labute approximate surface area is 127 Å². The third kappa shape index (κ3) is 3.23. The zero-order chi connectivity index (χ0) is 15.6. The fraction of sp³-hybridized carbons (Fsp3) is 0.444. The van der Waals surface area contributed by atoms with Crippen LogP contribution in [0.2, 0.25) is 0 Å². The van der Waals surface area contributed by atoms with E-state index >= 15 is 0 Å². The molecule has 2 rings (SSSR count). The summed E-state index contributed by atoms with van der Waals surface area (Å²) in [4.78, 5) is 12.7. The van der Waals surface area contributed by atoms with Crippen molar-refractivity contribution in [3.63, 3.8) is 0 Å². The summed E-state index contributed by atoms with van der Waals surface area (Å²) in [5.74, 6) is 0.144. The van der Waals surface area contributed by atoms with Crippen molar-refractivity contribution in [2.24, 2.45) is 0 Å². The zero-order valence-corrected chi connectivity index (χ0v) is 13.7. The summed E-state index contributed by atoms with van der Waals surface area (Å²) in [5, 5.41) is 4.54. The lowest BCUT2D eigenvalue weighted by molar-refractivity contribution is 0.0965. The SMILES string of the molecule is CCc1cc(CC)n(CC(=O)c2c(C)cc(C)cc2C)n1. The third-order valence-electron chi connectivity index (χ3n) is 3.89. The minimum Gasteiger partial charge on any atom is -0.292 e. The molecule has 0 aliphatic rings. The molecule has 0 bridgehead atoms. The van der Waals surface area contributed by atoms with Gasteiger partial charge in [-0.1, -0.05) is 31.5 Å². The highest BCUT2D eigenvalue weighted by atomic mass is 16.1. The molecule has 0 aliphatic carbocycles. The number of aryl methyl sites for hydroxylation is 5. The Morgan fingerprint density at radius 1 is 1.05 bits per heavy atom. The summed E-state index contributed by atoms with van der Waals surface area (Å²) in [6.45, 7) is 10.6. The average molecular weight is 284 g/mol. The Bertz CT molecular complexity index is 645. The van der Waals surface area contributed by atoms with Gasteiger partial charge in [0, 0.05) is 11.3 Å². The van der Waals surface area contributed by atoms with Crippen LogP contribution in [0.1, 0.15) is 52.3 Å². The number of ketones is 1. The number of hydrogen-bond acceptors (Lipinski definition) is 2. The second-order valence-electron chi connectivity index (χ2n) is 5.69. The van der Waals surface area contributed by atoms with Crippen molar-refractivity contribution >= 4 is 5.78 Å². The number of aromatic nitrogens is 2. The summed E-state index contributed by atoms with van der Waals surface area (Å²) in [6, 6.07) is 6.24. The number of carbonyl (C=O) groups is 1. The van der Waals surface area contributed by atoms with Gasteiger partial charge in [0.05, 0.1) is 5.69 Å². The molecule has 112 valence electrons. The molecule has 0 saturated carbocycles. The fourth-order valence-electron chi connectivity index (χ4n) is 2.94. The van der Waals surface area contributed by atoms with Crippen molar-refractivity contribution in [3.8, 4) is 0 Å². The molecule has 3 nitrogen and oxygen atoms in total. The van der Waals surface area contributed by atoms with E-state index in [1.165, 1.54) is 5.56 Å². The van der Waals surface area contributed by atoms with E-state index in [4.69, 9.17) is 0 Å². The second kappa shape index (κ2) is 6.25. The van der Waals surface area contributed by atoms with E-state index in [0.717, 1.165) is 40.9 Å². The lowest BCUT2D eigenvalue weighted by atomic mass is 9.96. The maximum absolute atomic E-state index is 12.7. The quantitative estimate of drug-likeness (QED) is 0.782. The number of nitrogens with zero attached hydrogens (tertiary/aromatic N) is 2. The average Bonchev–Trinajstić information content (AvgIpc) is 2.79. The van der Waals surface area contributed by atoms with Gasteiger partial charge in [0.1, 0.15) is 6.54 Å². The first-order valence-corrected chi connectivity index (χ1v) is 7.62. The van der Waals surface area contributed by atoms with Gasteiger partial charge in [-0.25, -0.2) is 0 Å². The van der Waals surface area contributed by atoms with Gasteiger partial charge in [-0.2, -0.15) is 5.10 Å². The standard InChI is InChI=1S/C18H24N2O/c1-6-15-10-16(7-2)20(19-15)11-17(21)18-13(4)8-12(3)9-14(18)5/h8-10H,6-7,11H2,1-5H3. The van der Waals surface area contributed by atoms with Crippen LogP contribution in [0.3, 0.4) is 0 Å². The van der Waals surface area contributed by atoms with E-state index < -0.39 is 0 Å². The van der Waals surface area contributed by atoms with Gasteiger partial charge < -0.3 is 0 Å². The van der Waals surface area contributed by atoms with Crippen molar-refractivity contribution in [1.82, 2.24) is 9.78 Å². The Kier molecular flexibility index (Phi) is 4.61. The van der Waals surface area contributed by atoms with Gasteiger partial charge in [0.2, 0.25) is 0 Å². The molecule has 1 heterocycles. The van der Waals surface area contributed by atoms with Gasteiger partial charge in [-0.3, -0.25) is 9.48 Å². The summed E-state index contributed by atoms with van der Waals surface area (Å²) >= 11 is 0. The first kappa shape index (κ1) is 15.5. The van der Waals surface area contributed by atoms with Gasteiger partial charge in [0.15, 0.2) is 5.78 Å². The first-order chi connectivity index (χ1) is 9.96. The van der Waals surface area contributed by atoms with Gasteiger partial charge in [0.25, 0.3) is 0 Å². The molecular weight excluding hydrogens is 260 g/mol. The molecule has 1 aromatic heterocycles. The third-order valence-corrected chi connectivity index (χ3v) is 3.89. The monoisotopic (exact) mass is 284 g/mol. The van der Waals surface area contributed by atoms with E-state index in [1.807, 2.05) is 18.5 Å². The second-order valence-corrected chi connectivity index (χ2v) is 5.69. The highest BCUT2D eigenvalue weighted by Crippen LogP contribution is 2.18. The van der Waals surface area contributed by atoms with Crippen LogP contribution in [0.25, 0.3) is 0 Å². The predicted molar refractivity (Wildman–Crippen MR) is 86.0 cm³/mol. The number of carbonyl (C=O) groups excluding carboxylic acids is 1. The Hall–Kier alpha value is -1.90. The maximum atomic E-state index is 12.7. The number of Topliss-reactive ketones (excluding diaryl/α,β-unsaturated/α-hetero) is 1. The summed E-state index contributed by atoms with van der Waals surface area (Å²) in [5.41, 5.74) is 6.33. The van der Waals surface area contributed by atoms with E-state index in [0.29, 0.717) is 6.54 Å². The van der Waals surface area contributed by atoms with Crippen LogP contribution in [0.5, 0.6) is 0 Å². The van der Waals surface area contributed by atoms with E-state index in [-0.39, 0.29) is 5.78 Å². The largest absolute Gasteiger partial charge is 0.292 e.